The van der Waals surface area contributed by atoms with Crippen molar-refractivity contribution in [2.45, 2.75) is 26.4 Å². The first kappa shape index (κ1) is 11.3. The van der Waals surface area contributed by atoms with E-state index in [1.807, 2.05) is 12.1 Å². The van der Waals surface area contributed by atoms with Crippen LogP contribution in [-0.2, 0) is 4.74 Å². The van der Waals surface area contributed by atoms with Crippen LogP contribution in [-0.4, -0.2) is 25.8 Å². The Hall–Kier alpha value is -1.22. The van der Waals surface area contributed by atoms with E-state index >= 15 is 0 Å². The molecule has 3 heteroatoms. The van der Waals surface area contributed by atoms with Gasteiger partial charge in [0.15, 0.2) is 0 Å². The van der Waals surface area contributed by atoms with Gasteiger partial charge in [-0.05, 0) is 44.0 Å². The predicted molar refractivity (Wildman–Crippen MR) is 67.8 cm³/mol. The van der Waals surface area contributed by atoms with Crippen LogP contribution in [0.3, 0.4) is 0 Å². The summed E-state index contributed by atoms with van der Waals surface area (Å²) in [5, 5.41) is 0. The van der Waals surface area contributed by atoms with E-state index in [1.54, 1.807) is 0 Å². The van der Waals surface area contributed by atoms with Crippen molar-refractivity contribution in [1.29, 1.82) is 0 Å². The molecule has 0 radical (unpaired) electrons. The third-order valence-electron chi connectivity index (χ3n) is 2.90. The minimum Gasteiger partial charge on any atom is -0.399 e. The predicted octanol–water partition coefficient (Wildman–Crippen LogP) is 2.19. The quantitative estimate of drug-likeness (QED) is 0.737. The molecular weight excluding hydrogens is 200 g/mol. The lowest BCUT2D eigenvalue weighted by Gasteiger charge is -2.25. The van der Waals surface area contributed by atoms with E-state index in [1.165, 1.54) is 11.3 Å². The zero-order chi connectivity index (χ0) is 11.5. The first-order valence-corrected chi connectivity index (χ1v) is 5.89. The van der Waals surface area contributed by atoms with E-state index in [-0.39, 0.29) is 0 Å². The van der Waals surface area contributed by atoms with Gasteiger partial charge in [-0.3, -0.25) is 0 Å². The smallest absolute Gasteiger partial charge is 0.0721 e. The van der Waals surface area contributed by atoms with Crippen LogP contribution in [0.5, 0.6) is 0 Å². The Labute approximate surface area is 97.2 Å². The number of nitrogens with two attached hydrogens (primary N) is 1. The molecule has 0 spiro atoms. The van der Waals surface area contributed by atoms with Crippen molar-refractivity contribution in [3.8, 4) is 0 Å². The Morgan fingerprint density at radius 1 is 1.38 bits per heavy atom. The molecule has 3 nitrogen and oxygen atoms in total. The Bertz CT molecular complexity index is 345. The second-order valence-electron chi connectivity index (χ2n) is 4.58. The Balaban J connectivity index is 2.21. The first-order valence-electron chi connectivity index (χ1n) is 5.89. The van der Waals surface area contributed by atoms with Gasteiger partial charge < -0.3 is 15.4 Å². The molecule has 88 valence electrons. The van der Waals surface area contributed by atoms with Crippen LogP contribution in [0.25, 0.3) is 0 Å². The van der Waals surface area contributed by atoms with Gasteiger partial charge in [0.2, 0.25) is 0 Å². The number of hydrogen-bond acceptors (Lipinski definition) is 3. The van der Waals surface area contributed by atoms with Crippen LogP contribution in [0, 0.1) is 6.92 Å². The van der Waals surface area contributed by atoms with Crippen LogP contribution in [0.4, 0.5) is 11.4 Å². The van der Waals surface area contributed by atoms with Gasteiger partial charge in [-0.25, -0.2) is 0 Å². The molecule has 0 aliphatic carbocycles. The third-order valence-corrected chi connectivity index (χ3v) is 2.90. The SMILES string of the molecule is Cc1cc(N)cc(N2CCCOC(C)C2)c1. The summed E-state index contributed by atoms with van der Waals surface area (Å²) in [6, 6.07) is 6.24. The van der Waals surface area contributed by atoms with E-state index < -0.39 is 0 Å². The molecule has 1 saturated heterocycles. The fourth-order valence-corrected chi connectivity index (χ4v) is 2.20. The van der Waals surface area contributed by atoms with Crippen molar-refractivity contribution in [3.63, 3.8) is 0 Å². The second-order valence-corrected chi connectivity index (χ2v) is 4.58. The van der Waals surface area contributed by atoms with Crippen LogP contribution in [0.15, 0.2) is 18.2 Å². The third kappa shape index (κ3) is 2.67. The molecule has 1 atom stereocenters. The van der Waals surface area contributed by atoms with Crippen molar-refractivity contribution >= 4 is 11.4 Å². The van der Waals surface area contributed by atoms with E-state index in [0.29, 0.717) is 6.10 Å². The van der Waals surface area contributed by atoms with Crippen LogP contribution >= 0.6 is 0 Å². The summed E-state index contributed by atoms with van der Waals surface area (Å²) in [7, 11) is 0. The molecule has 2 rings (SSSR count). The highest BCUT2D eigenvalue weighted by atomic mass is 16.5. The maximum absolute atomic E-state index is 5.88. The zero-order valence-electron chi connectivity index (χ0n) is 10.1. The van der Waals surface area contributed by atoms with E-state index in [2.05, 4.69) is 24.8 Å². The molecule has 0 saturated carbocycles. The summed E-state index contributed by atoms with van der Waals surface area (Å²) in [6.45, 7) is 7.06. The lowest BCUT2D eigenvalue weighted by atomic mass is 10.1. The standard InChI is InChI=1S/C13H20N2O/c1-10-6-12(14)8-13(7-10)15-4-3-5-16-11(2)9-15/h6-8,11H,3-5,9,14H2,1-2H3. The van der Waals surface area contributed by atoms with Crippen molar-refractivity contribution in [1.82, 2.24) is 0 Å². The molecule has 1 aromatic rings. The molecule has 16 heavy (non-hydrogen) atoms. The number of nitrogen functional groups attached to an aromatic ring is 1. The Kier molecular flexibility index (Phi) is 3.34. The van der Waals surface area contributed by atoms with Gasteiger partial charge >= 0.3 is 0 Å². The first-order chi connectivity index (χ1) is 7.65. The van der Waals surface area contributed by atoms with Crippen molar-refractivity contribution in [2.75, 3.05) is 30.3 Å². The minimum absolute atomic E-state index is 0.296. The second kappa shape index (κ2) is 4.74. The highest BCUT2D eigenvalue weighted by Gasteiger charge is 2.15. The normalized spacial score (nSPS) is 21.9. The number of aryl methyl sites for hydroxylation is 1. The maximum Gasteiger partial charge on any atom is 0.0721 e. The maximum atomic E-state index is 5.88. The summed E-state index contributed by atoms with van der Waals surface area (Å²) in [6.07, 6.45) is 1.38. The molecule has 1 aliphatic heterocycles. The molecule has 1 fully saturated rings. The van der Waals surface area contributed by atoms with Gasteiger partial charge in [-0.2, -0.15) is 0 Å². The van der Waals surface area contributed by atoms with Crippen molar-refractivity contribution < 1.29 is 4.74 Å². The molecule has 0 aromatic heterocycles. The molecule has 1 unspecified atom stereocenters. The minimum atomic E-state index is 0.296. The summed E-state index contributed by atoms with van der Waals surface area (Å²) in [5.74, 6) is 0. The van der Waals surface area contributed by atoms with Crippen LogP contribution < -0.4 is 10.6 Å². The van der Waals surface area contributed by atoms with E-state index in [0.717, 1.165) is 31.8 Å². The average Bonchev–Trinajstić information content (AvgIpc) is 2.41. The lowest BCUT2D eigenvalue weighted by molar-refractivity contribution is 0.0821. The number of rotatable bonds is 1. The number of ether oxygens (including phenoxy) is 1. The van der Waals surface area contributed by atoms with E-state index in [9.17, 15) is 0 Å². The molecule has 0 bridgehead atoms. The fraction of sp³-hybridized carbons (Fsp3) is 0.538. The van der Waals surface area contributed by atoms with E-state index in [4.69, 9.17) is 10.5 Å². The number of hydrogen-bond donors (Lipinski definition) is 1. The molecule has 1 heterocycles. The topological polar surface area (TPSA) is 38.5 Å². The molecule has 0 amide bonds. The van der Waals surface area contributed by atoms with Crippen molar-refractivity contribution in [2.24, 2.45) is 0 Å². The fourth-order valence-electron chi connectivity index (χ4n) is 2.20. The summed E-state index contributed by atoms with van der Waals surface area (Å²) in [4.78, 5) is 2.36. The molecular formula is C13H20N2O. The van der Waals surface area contributed by atoms with Gasteiger partial charge in [0.25, 0.3) is 0 Å². The summed E-state index contributed by atoms with van der Waals surface area (Å²) in [5.41, 5.74) is 9.16. The highest BCUT2D eigenvalue weighted by Crippen LogP contribution is 2.22. The number of anilines is 2. The Morgan fingerprint density at radius 3 is 2.94 bits per heavy atom. The molecule has 2 N–H and O–H groups in total. The number of nitrogens with zero attached hydrogens (tertiary/aromatic N) is 1. The lowest BCUT2D eigenvalue weighted by Crippen LogP contribution is -2.30. The summed E-state index contributed by atoms with van der Waals surface area (Å²) >= 11 is 0. The average molecular weight is 220 g/mol. The van der Waals surface area contributed by atoms with Crippen molar-refractivity contribution in [3.05, 3.63) is 23.8 Å². The molecule has 1 aromatic carbocycles. The van der Waals surface area contributed by atoms with Gasteiger partial charge in [0, 0.05) is 31.1 Å². The Morgan fingerprint density at radius 2 is 2.19 bits per heavy atom. The van der Waals surface area contributed by atoms with Crippen LogP contribution in [0.1, 0.15) is 18.9 Å². The largest absolute Gasteiger partial charge is 0.399 e. The molecule has 1 aliphatic rings. The van der Waals surface area contributed by atoms with Gasteiger partial charge in [0.05, 0.1) is 6.10 Å². The van der Waals surface area contributed by atoms with Crippen LogP contribution in [0.2, 0.25) is 0 Å². The number of benzene rings is 1. The van der Waals surface area contributed by atoms with Gasteiger partial charge in [-0.15, -0.1) is 0 Å². The monoisotopic (exact) mass is 220 g/mol. The zero-order valence-corrected chi connectivity index (χ0v) is 10.1. The van der Waals surface area contributed by atoms with Gasteiger partial charge in [0.1, 0.15) is 0 Å². The summed E-state index contributed by atoms with van der Waals surface area (Å²) < 4.78 is 5.64. The van der Waals surface area contributed by atoms with Gasteiger partial charge in [-0.1, -0.05) is 0 Å². The highest BCUT2D eigenvalue weighted by molar-refractivity contribution is 5.58.